The van der Waals surface area contributed by atoms with E-state index in [1.165, 1.54) is 0 Å². The topological polar surface area (TPSA) is 93.4 Å². The van der Waals surface area contributed by atoms with Crippen LogP contribution >= 0.6 is 12.2 Å². The van der Waals surface area contributed by atoms with E-state index >= 15 is 0 Å². The van der Waals surface area contributed by atoms with Gasteiger partial charge in [-0.3, -0.25) is 0 Å². The number of rotatable bonds is 2. The SMILES string of the molecule is CCc1nnc(C)cc1-c1nc(=S)nc(N)[nH]1. The van der Waals surface area contributed by atoms with E-state index in [0.29, 0.717) is 5.82 Å². The van der Waals surface area contributed by atoms with Gasteiger partial charge in [0.1, 0.15) is 5.82 Å². The summed E-state index contributed by atoms with van der Waals surface area (Å²) in [5.41, 5.74) is 8.14. The fourth-order valence-corrected chi connectivity index (χ4v) is 1.70. The number of aryl methyl sites for hydroxylation is 2. The summed E-state index contributed by atoms with van der Waals surface area (Å²) in [5, 5.41) is 8.14. The Kier molecular flexibility index (Phi) is 3.10. The molecule has 88 valence electrons. The molecule has 3 N–H and O–H groups in total. The third-order valence-corrected chi connectivity index (χ3v) is 2.44. The lowest BCUT2D eigenvalue weighted by molar-refractivity contribution is 0.889. The molecule has 0 saturated carbocycles. The molecule has 2 heterocycles. The van der Waals surface area contributed by atoms with Crippen molar-refractivity contribution in [1.82, 2.24) is 25.1 Å². The molecular weight excluding hydrogens is 236 g/mol. The summed E-state index contributed by atoms with van der Waals surface area (Å²) >= 11 is 4.94. The van der Waals surface area contributed by atoms with Gasteiger partial charge in [0.15, 0.2) is 0 Å². The zero-order valence-corrected chi connectivity index (χ0v) is 10.4. The van der Waals surface area contributed by atoms with Gasteiger partial charge in [-0.05, 0) is 31.6 Å². The molecule has 0 saturated heterocycles. The minimum absolute atomic E-state index is 0.216. The van der Waals surface area contributed by atoms with Crippen molar-refractivity contribution in [2.24, 2.45) is 0 Å². The second-order valence-corrected chi connectivity index (χ2v) is 3.93. The molecule has 0 aliphatic heterocycles. The van der Waals surface area contributed by atoms with Gasteiger partial charge in [-0.2, -0.15) is 15.2 Å². The molecule has 17 heavy (non-hydrogen) atoms. The first kappa shape index (κ1) is 11.6. The maximum absolute atomic E-state index is 5.62. The van der Waals surface area contributed by atoms with Crippen LogP contribution in [0.4, 0.5) is 5.95 Å². The lowest BCUT2D eigenvalue weighted by Crippen LogP contribution is -2.04. The molecule has 0 unspecified atom stereocenters. The summed E-state index contributed by atoms with van der Waals surface area (Å²) in [5.74, 6) is 0.828. The van der Waals surface area contributed by atoms with Crippen LogP contribution in [0.3, 0.4) is 0 Å². The van der Waals surface area contributed by atoms with Crippen molar-refractivity contribution in [1.29, 1.82) is 0 Å². The van der Waals surface area contributed by atoms with E-state index in [0.717, 1.165) is 23.4 Å². The highest BCUT2D eigenvalue weighted by atomic mass is 32.1. The van der Waals surface area contributed by atoms with Crippen LogP contribution in [0.1, 0.15) is 18.3 Å². The monoisotopic (exact) mass is 248 g/mol. The van der Waals surface area contributed by atoms with Gasteiger partial charge in [-0.25, -0.2) is 4.98 Å². The van der Waals surface area contributed by atoms with Crippen molar-refractivity contribution < 1.29 is 0 Å². The normalized spacial score (nSPS) is 10.5. The van der Waals surface area contributed by atoms with E-state index in [4.69, 9.17) is 18.0 Å². The molecule has 0 atom stereocenters. The van der Waals surface area contributed by atoms with Gasteiger partial charge in [0.05, 0.1) is 11.4 Å². The summed E-state index contributed by atoms with van der Waals surface area (Å²) in [6, 6.07) is 1.90. The molecule has 2 rings (SSSR count). The number of hydrogen-bond donors (Lipinski definition) is 2. The summed E-state index contributed by atoms with van der Waals surface area (Å²) in [6.07, 6.45) is 0.757. The van der Waals surface area contributed by atoms with E-state index in [2.05, 4.69) is 25.1 Å². The molecule has 0 aliphatic carbocycles. The lowest BCUT2D eigenvalue weighted by atomic mass is 10.1. The number of H-pyrrole nitrogens is 1. The molecule has 2 aromatic heterocycles. The van der Waals surface area contributed by atoms with E-state index < -0.39 is 0 Å². The Hall–Kier alpha value is -1.89. The first-order chi connectivity index (χ1) is 8.10. The molecule has 6 nitrogen and oxygen atoms in total. The van der Waals surface area contributed by atoms with Crippen LogP contribution in [0, 0.1) is 11.7 Å². The van der Waals surface area contributed by atoms with E-state index in [-0.39, 0.29) is 10.7 Å². The Bertz CT molecular complexity index is 606. The highest BCUT2D eigenvalue weighted by Gasteiger charge is 2.09. The first-order valence-corrected chi connectivity index (χ1v) is 5.58. The van der Waals surface area contributed by atoms with Crippen LogP contribution < -0.4 is 5.73 Å². The number of aromatic amines is 1. The molecule has 7 heteroatoms. The summed E-state index contributed by atoms with van der Waals surface area (Å²) in [7, 11) is 0. The van der Waals surface area contributed by atoms with Gasteiger partial charge in [0.25, 0.3) is 0 Å². The third-order valence-electron chi connectivity index (χ3n) is 2.25. The van der Waals surface area contributed by atoms with E-state index in [9.17, 15) is 0 Å². The maximum Gasteiger partial charge on any atom is 0.224 e. The van der Waals surface area contributed by atoms with Crippen molar-refractivity contribution in [2.75, 3.05) is 5.73 Å². The van der Waals surface area contributed by atoms with Gasteiger partial charge < -0.3 is 10.7 Å². The van der Waals surface area contributed by atoms with Gasteiger partial charge in [-0.1, -0.05) is 6.92 Å². The largest absolute Gasteiger partial charge is 0.369 e. The zero-order chi connectivity index (χ0) is 12.4. The van der Waals surface area contributed by atoms with Crippen molar-refractivity contribution in [3.8, 4) is 11.4 Å². The molecular formula is C10H12N6S. The fourth-order valence-electron chi connectivity index (χ4n) is 1.51. The minimum atomic E-state index is 0.216. The molecule has 0 amide bonds. The third kappa shape index (κ3) is 2.44. The van der Waals surface area contributed by atoms with E-state index in [1.54, 1.807) is 0 Å². The molecule has 0 bridgehead atoms. The molecule has 0 aliphatic rings. The molecule has 0 spiro atoms. The number of nitrogen functional groups attached to an aromatic ring is 1. The second kappa shape index (κ2) is 4.54. The van der Waals surface area contributed by atoms with Crippen LogP contribution in [0.15, 0.2) is 6.07 Å². The quantitative estimate of drug-likeness (QED) is 0.781. The Balaban J connectivity index is 2.66. The van der Waals surface area contributed by atoms with Crippen LogP contribution in [0.2, 0.25) is 0 Å². The molecule has 0 fully saturated rings. The predicted octanol–water partition coefficient (Wildman–Crippen LogP) is 1.44. The number of nitrogens with one attached hydrogen (secondary N) is 1. The average molecular weight is 248 g/mol. The summed E-state index contributed by atoms with van der Waals surface area (Å²) in [6.45, 7) is 3.87. The maximum atomic E-state index is 5.62. The van der Waals surface area contributed by atoms with Crippen LogP contribution in [0.25, 0.3) is 11.4 Å². The van der Waals surface area contributed by atoms with Crippen molar-refractivity contribution >= 4 is 18.2 Å². The first-order valence-electron chi connectivity index (χ1n) is 5.17. The highest BCUT2D eigenvalue weighted by molar-refractivity contribution is 7.71. The lowest BCUT2D eigenvalue weighted by Gasteiger charge is -2.06. The smallest absolute Gasteiger partial charge is 0.224 e. The van der Waals surface area contributed by atoms with E-state index in [1.807, 2.05) is 19.9 Å². The van der Waals surface area contributed by atoms with Crippen molar-refractivity contribution in [3.05, 3.63) is 22.2 Å². The number of anilines is 1. The number of aromatic nitrogens is 5. The Morgan fingerprint density at radius 1 is 1.35 bits per heavy atom. The van der Waals surface area contributed by atoms with Crippen LogP contribution in [0.5, 0.6) is 0 Å². The van der Waals surface area contributed by atoms with Gasteiger partial charge in [0.2, 0.25) is 10.7 Å². The molecule has 0 aromatic carbocycles. The minimum Gasteiger partial charge on any atom is -0.369 e. The van der Waals surface area contributed by atoms with Crippen molar-refractivity contribution in [2.45, 2.75) is 20.3 Å². The average Bonchev–Trinajstić information content (AvgIpc) is 2.27. The number of nitrogens with zero attached hydrogens (tertiary/aromatic N) is 4. The predicted molar refractivity (Wildman–Crippen MR) is 66.8 cm³/mol. The fraction of sp³-hybridized carbons (Fsp3) is 0.300. The summed E-state index contributed by atoms with van der Waals surface area (Å²) in [4.78, 5) is 10.9. The number of nitrogens with two attached hydrogens (primary N) is 1. The molecule has 2 aromatic rings. The Morgan fingerprint density at radius 3 is 2.76 bits per heavy atom. The summed E-state index contributed by atoms with van der Waals surface area (Å²) < 4.78 is 0.216. The zero-order valence-electron chi connectivity index (χ0n) is 9.56. The Labute approximate surface area is 103 Å². The molecule has 0 radical (unpaired) electrons. The van der Waals surface area contributed by atoms with Gasteiger partial charge >= 0.3 is 0 Å². The second-order valence-electron chi connectivity index (χ2n) is 3.56. The van der Waals surface area contributed by atoms with Gasteiger partial charge in [0, 0.05) is 5.56 Å². The Morgan fingerprint density at radius 2 is 2.12 bits per heavy atom. The van der Waals surface area contributed by atoms with Crippen LogP contribution in [-0.4, -0.2) is 25.1 Å². The van der Waals surface area contributed by atoms with Crippen LogP contribution in [-0.2, 0) is 6.42 Å². The number of hydrogen-bond acceptors (Lipinski definition) is 6. The van der Waals surface area contributed by atoms with Crippen molar-refractivity contribution in [3.63, 3.8) is 0 Å². The standard InChI is InChI=1S/C10H12N6S/c1-3-7-6(4-5(2)15-16-7)8-12-9(11)14-10(17)13-8/h4H,3H2,1-2H3,(H3,11,12,13,14,17). The highest BCUT2D eigenvalue weighted by Crippen LogP contribution is 2.19. The van der Waals surface area contributed by atoms with Gasteiger partial charge in [-0.15, -0.1) is 0 Å².